The third-order valence-corrected chi connectivity index (χ3v) is 4.27. The van der Waals surface area contributed by atoms with E-state index in [9.17, 15) is 57.1 Å². The van der Waals surface area contributed by atoms with Gasteiger partial charge in [-0.15, -0.1) is 0 Å². The molecule has 0 aromatic carbocycles. The Hall–Kier alpha value is -1.21. The molecule has 1 heterocycles. The summed E-state index contributed by atoms with van der Waals surface area (Å²) in [6.45, 7) is 0. The highest BCUT2D eigenvalue weighted by atomic mass is 32.1. The summed E-state index contributed by atoms with van der Waals surface area (Å²) in [4.78, 5) is 0. The Labute approximate surface area is 147 Å². The van der Waals surface area contributed by atoms with Crippen molar-refractivity contribution in [1.29, 1.82) is 0 Å². The Balaban J connectivity index is 3.13. The Morgan fingerprint density at radius 3 is 1.56 bits per heavy atom. The molecule has 0 unspecified atom stereocenters. The van der Waals surface area contributed by atoms with Crippen LogP contribution in [-0.4, -0.2) is 35.8 Å². The summed E-state index contributed by atoms with van der Waals surface area (Å²) in [5.74, 6) is -36.4. The van der Waals surface area contributed by atoms with Gasteiger partial charge in [0.05, 0.1) is 0 Å². The van der Waals surface area contributed by atoms with Crippen molar-refractivity contribution in [3.05, 3.63) is 22.4 Å². The molecule has 0 atom stereocenters. The summed E-state index contributed by atoms with van der Waals surface area (Å²) in [6.07, 6.45) is -10.9. The van der Waals surface area contributed by atoms with E-state index in [2.05, 4.69) is 0 Å². The number of alkyl halides is 13. The van der Waals surface area contributed by atoms with Gasteiger partial charge in [0.2, 0.25) is 0 Å². The molecule has 0 N–H and O–H groups in total. The predicted octanol–water partition coefficient (Wildman–Crippen LogP) is 6.81. The maximum atomic E-state index is 13.5. The zero-order valence-corrected chi connectivity index (χ0v) is 13.5. The SMILES string of the molecule is FC(F)(F)C(F)(F)C(F)(F)C(F)(F)C(F)(F)C(F)(F)CCCc1ccsc1. The van der Waals surface area contributed by atoms with Gasteiger partial charge in [-0.1, -0.05) is 0 Å². The van der Waals surface area contributed by atoms with Crippen molar-refractivity contribution >= 4 is 11.3 Å². The summed E-state index contributed by atoms with van der Waals surface area (Å²) in [5, 5.41) is 2.83. The molecule has 0 spiro atoms. The van der Waals surface area contributed by atoms with E-state index in [0.717, 1.165) is 11.3 Å². The number of aryl methyl sites for hydroxylation is 1. The second-order valence-corrected chi connectivity index (χ2v) is 6.26. The van der Waals surface area contributed by atoms with E-state index in [1.165, 1.54) is 16.8 Å². The lowest BCUT2D eigenvalue weighted by Crippen LogP contribution is -2.70. The van der Waals surface area contributed by atoms with Crippen molar-refractivity contribution in [2.24, 2.45) is 0 Å². The van der Waals surface area contributed by atoms with Gasteiger partial charge < -0.3 is 0 Å². The van der Waals surface area contributed by atoms with E-state index in [4.69, 9.17) is 0 Å². The monoisotopic (exact) mass is 444 g/mol. The topological polar surface area (TPSA) is 0 Å². The Kier molecular flexibility index (Phi) is 6.17. The van der Waals surface area contributed by atoms with Crippen molar-refractivity contribution in [3.63, 3.8) is 0 Å². The van der Waals surface area contributed by atoms with E-state index < -0.39 is 48.6 Å². The molecule has 0 bridgehead atoms. The number of thiophene rings is 1. The third-order valence-electron chi connectivity index (χ3n) is 3.53. The van der Waals surface area contributed by atoms with E-state index in [0.29, 0.717) is 5.56 Å². The fourth-order valence-electron chi connectivity index (χ4n) is 1.91. The van der Waals surface area contributed by atoms with Gasteiger partial charge in [0, 0.05) is 6.42 Å². The summed E-state index contributed by atoms with van der Waals surface area (Å²) in [7, 11) is 0. The largest absolute Gasteiger partial charge is 0.460 e. The van der Waals surface area contributed by atoms with Crippen LogP contribution in [0.2, 0.25) is 0 Å². The Morgan fingerprint density at radius 2 is 1.15 bits per heavy atom. The second kappa shape index (κ2) is 6.99. The highest BCUT2D eigenvalue weighted by molar-refractivity contribution is 7.07. The number of rotatable bonds is 8. The Morgan fingerprint density at radius 1 is 0.667 bits per heavy atom. The molecule has 1 aromatic heterocycles. The van der Waals surface area contributed by atoms with Crippen molar-refractivity contribution in [2.45, 2.75) is 55.1 Å². The molecule has 27 heavy (non-hydrogen) atoms. The van der Waals surface area contributed by atoms with Crippen LogP contribution in [0.15, 0.2) is 16.8 Å². The van der Waals surface area contributed by atoms with Crippen LogP contribution in [0.1, 0.15) is 18.4 Å². The molecule has 1 aromatic rings. The van der Waals surface area contributed by atoms with E-state index >= 15 is 0 Å². The molecule has 158 valence electrons. The molecule has 0 saturated carbocycles. The highest BCUT2D eigenvalue weighted by Gasteiger charge is 2.90. The van der Waals surface area contributed by atoms with E-state index in [1.54, 1.807) is 0 Å². The van der Waals surface area contributed by atoms with E-state index in [1.807, 2.05) is 0 Å². The molecule has 0 aliphatic rings. The average molecular weight is 444 g/mol. The van der Waals surface area contributed by atoms with Gasteiger partial charge in [0.25, 0.3) is 0 Å². The molecule has 0 saturated heterocycles. The average Bonchev–Trinajstić information content (AvgIpc) is 2.98. The minimum atomic E-state index is -7.83. The molecule has 14 heteroatoms. The molecule has 0 fully saturated rings. The molecular formula is C13H9F13S. The van der Waals surface area contributed by atoms with Gasteiger partial charge in [-0.3, -0.25) is 0 Å². The van der Waals surface area contributed by atoms with E-state index in [-0.39, 0.29) is 6.42 Å². The number of hydrogen-bond donors (Lipinski definition) is 0. The second-order valence-electron chi connectivity index (χ2n) is 5.48. The zero-order valence-electron chi connectivity index (χ0n) is 12.7. The number of hydrogen-bond acceptors (Lipinski definition) is 1. The van der Waals surface area contributed by atoms with Crippen LogP contribution >= 0.6 is 11.3 Å². The zero-order chi connectivity index (χ0) is 21.5. The first-order valence-corrected chi connectivity index (χ1v) is 7.74. The molecule has 0 radical (unpaired) electrons. The molecule has 0 amide bonds. The molecule has 0 aliphatic heterocycles. The summed E-state index contributed by atoms with van der Waals surface area (Å²) >= 11 is 1.07. The lowest BCUT2D eigenvalue weighted by Gasteiger charge is -2.39. The van der Waals surface area contributed by atoms with Gasteiger partial charge >= 0.3 is 35.8 Å². The van der Waals surface area contributed by atoms with Gasteiger partial charge in [-0.05, 0) is 35.2 Å². The van der Waals surface area contributed by atoms with Gasteiger partial charge in [-0.2, -0.15) is 68.4 Å². The van der Waals surface area contributed by atoms with Gasteiger partial charge in [-0.25, -0.2) is 0 Å². The van der Waals surface area contributed by atoms with Crippen LogP contribution in [0.5, 0.6) is 0 Å². The lowest BCUT2D eigenvalue weighted by atomic mass is 9.91. The predicted molar refractivity (Wildman–Crippen MR) is 68.0 cm³/mol. The fraction of sp³-hybridized carbons (Fsp3) is 0.692. The van der Waals surface area contributed by atoms with Crippen LogP contribution in [0, 0.1) is 0 Å². The number of halogens is 13. The maximum absolute atomic E-state index is 13.5. The highest BCUT2D eigenvalue weighted by Crippen LogP contribution is 2.60. The quantitative estimate of drug-likeness (QED) is 0.387. The normalized spacial score (nSPS) is 15.3. The van der Waals surface area contributed by atoms with Crippen molar-refractivity contribution in [2.75, 3.05) is 0 Å². The van der Waals surface area contributed by atoms with Gasteiger partial charge in [0.15, 0.2) is 0 Å². The molecule has 1 rings (SSSR count). The first kappa shape index (κ1) is 23.8. The summed E-state index contributed by atoms with van der Waals surface area (Å²) in [5.41, 5.74) is 0.319. The molecule has 0 nitrogen and oxygen atoms in total. The lowest BCUT2D eigenvalue weighted by molar-refractivity contribution is -0.440. The van der Waals surface area contributed by atoms with Crippen LogP contribution in [0.25, 0.3) is 0 Å². The maximum Gasteiger partial charge on any atom is 0.460 e. The molecular weight excluding hydrogens is 435 g/mol. The van der Waals surface area contributed by atoms with Gasteiger partial charge in [0.1, 0.15) is 0 Å². The summed E-state index contributed by atoms with van der Waals surface area (Å²) in [6, 6.07) is 1.35. The van der Waals surface area contributed by atoms with Crippen LogP contribution in [0.4, 0.5) is 57.1 Å². The van der Waals surface area contributed by atoms with Crippen LogP contribution in [0.3, 0.4) is 0 Å². The Bertz CT molecular complexity index is 615. The van der Waals surface area contributed by atoms with Crippen molar-refractivity contribution in [1.82, 2.24) is 0 Å². The molecule has 0 aliphatic carbocycles. The third kappa shape index (κ3) is 3.86. The van der Waals surface area contributed by atoms with Crippen LogP contribution < -0.4 is 0 Å². The smallest absolute Gasteiger partial charge is 0.200 e. The first-order chi connectivity index (χ1) is 11.8. The minimum Gasteiger partial charge on any atom is -0.200 e. The van der Waals surface area contributed by atoms with Crippen LogP contribution in [-0.2, 0) is 6.42 Å². The first-order valence-electron chi connectivity index (χ1n) is 6.80. The standard InChI is InChI=1S/C13H9F13S/c14-8(15,4-1-2-7-3-5-27-6-7)9(16,17)10(18,19)11(20,21)12(22,23)13(24,25)26/h3,5-6H,1-2,4H2. The fourth-order valence-corrected chi connectivity index (χ4v) is 2.61. The minimum absolute atomic E-state index is 0.319. The van der Waals surface area contributed by atoms with Crippen molar-refractivity contribution < 1.29 is 57.1 Å². The summed E-state index contributed by atoms with van der Waals surface area (Å²) < 4.78 is 167. The van der Waals surface area contributed by atoms with Crippen molar-refractivity contribution in [3.8, 4) is 0 Å².